The Balaban J connectivity index is 1.62. The lowest BCUT2D eigenvalue weighted by atomic mass is 10.1. The van der Waals surface area contributed by atoms with Crippen LogP contribution >= 0.6 is 11.3 Å². The fourth-order valence-corrected chi connectivity index (χ4v) is 3.60. The fourth-order valence-electron chi connectivity index (χ4n) is 2.77. The minimum absolute atomic E-state index is 0.243. The van der Waals surface area contributed by atoms with E-state index in [2.05, 4.69) is 27.5 Å². The number of ether oxygens (including phenoxy) is 2. The van der Waals surface area contributed by atoms with Crippen LogP contribution in [0.3, 0.4) is 0 Å². The normalized spacial score (nSPS) is 10.8. The van der Waals surface area contributed by atoms with Crippen LogP contribution in [-0.4, -0.2) is 34.7 Å². The topological polar surface area (TPSA) is 77.8 Å². The monoisotopic (exact) mass is 394 g/mol. The molecule has 0 aliphatic heterocycles. The maximum Gasteiger partial charge on any atom is 0.258 e. The molecule has 2 heterocycles. The number of amides is 1. The van der Waals surface area contributed by atoms with Crippen LogP contribution in [0.25, 0.3) is 16.2 Å². The van der Waals surface area contributed by atoms with E-state index in [1.165, 1.54) is 31.1 Å². The van der Waals surface area contributed by atoms with Gasteiger partial charge in [0, 0.05) is 22.6 Å². The molecule has 2 aromatic heterocycles. The van der Waals surface area contributed by atoms with E-state index in [0.717, 1.165) is 11.3 Å². The van der Waals surface area contributed by atoms with Gasteiger partial charge in [0.05, 0.1) is 19.9 Å². The van der Waals surface area contributed by atoms with Gasteiger partial charge in [-0.15, -0.1) is 16.4 Å². The molecule has 0 aliphatic carbocycles. The van der Waals surface area contributed by atoms with Gasteiger partial charge in [0.25, 0.3) is 11.9 Å². The van der Waals surface area contributed by atoms with Crippen molar-refractivity contribution in [3.63, 3.8) is 0 Å². The summed E-state index contributed by atoms with van der Waals surface area (Å²) in [6.45, 7) is 2.05. The van der Waals surface area contributed by atoms with Crippen LogP contribution in [0.2, 0.25) is 0 Å². The summed E-state index contributed by atoms with van der Waals surface area (Å²) in [4.78, 5) is 17.7. The van der Waals surface area contributed by atoms with E-state index >= 15 is 0 Å². The lowest BCUT2D eigenvalue weighted by Gasteiger charge is -2.07. The van der Waals surface area contributed by atoms with Crippen molar-refractivity contribution in [3.8, 4) is 22.8 Å². The van der Waals surface area contributed by atoms with Crippen molar-refractivity contribution in [2.45, 2.75) is 6.92 Å². The van der Waals surface area contributed by atoms with Crippen LogP contribution < -0.4 is 14.8 Å². The number of hydrogen-bond acceptors (Lipinski definition) is 6. The Kier molecular flexibility index (Phi) is 4.70. The highest BCUT2D eigenvalue weighted by atomic mass is 32.1. The van der Waals surface area contributed by atoms with Crippen LogP contribution in [0.5, 0.6) is 11.5 Å². The number of fused-ring (bicyclic) bond motifs is 1. The molecule has 0 radical (unpaired) electrons. The van der Waals surface area contributed by atoms with E-state index < -0.39 is 0 Å². The molecule has 0 saturated carbocycles. The number of anilines is 1. The zero-order valence-electron chi connectivity index (χ0n) is 15.6. The minimum Gasteiger partial charge on any atom is -0.497 e. The smallest absolute Gasteiger partial charge is 0.258 e. The second-order valence-electron chi connectivity index (χ2n) is 6.17. The SMILES string of the molecule is COc1cc(OC)cc(C(=O)Nc2nc3scc(-c4ccc(C)cc4)n3n2)c1. The van der Waals surface area contributed by atoms with Crippen molar-refractivity contribution in [1.29, 1.82) is 0 Å². The fraction of sp³-hybridized carbons (Fsp3) is 0.150. The van der Waals surface area contributed by atoms with Gasteiger partial charge >= 0.3 is 0 Å². The van der Waals surface area contributed by atoms with E-state index in [9.17, 15) is 4.79 Å². The van der Waals surface area contributed by atoms with Crippen molar-refractivity contribution < 1.29 is 14.3 Å². The van der Waals surface area contributed by atoms with E-state index in [0.29, 0.717) is 22.0 Å². The summed E-state index contributed by atoms with van der Waals surface area (Å²) in [5.74, 6) is 0.967. The number of aryl methyl sites for hydroxylation is 1. The Morgan fingerprint density at radius 2 is 1.75 bits per heavy atom. The van der Waals surface area contributed by atoms with Crippen LogP contribution in [0, 0.1) is 6.92 Å². The Bertz CT molecular complexity index is 1130. The molecule has 8 heteroatoms. The summed E-state index contributed by atoms with van der Waals surface area (Å²) < 4.78 is 12.2. The van der Waals surface area contributed by atoms with E-state index in [1.54, 1.807) is 22.7 Å². The summed E-state index contributed by atoms with van der Waals surface area (Å²) in [5.41, 5.74) is 3.55. The molecular formula is C20H18N4O3S. The molecule has 1 N–H and O–H groups in total. The van der Waals surface area contributed by atoms with Crippen molar-refractivity contribution in [2.24, 2.45) is 0 Å². The minimum atomic E-state index is -0.340. The van der Waals surface area contributed by atoms with Gasteiger partial charge in [0.15, 0.2) is 0 Å². The van der Waals surface area contributed by atoms with Gasteiger partial charge in [0.2, 0.25) is 4.96 Å². The molecule has 1 amide bonds. The maximum absolute atomic E-state index is 12.6. The molecule has 2 aromatic carbocycles. The molecule has 0 atom stereocenters. The highest BCUT2D eigenvalue weighted by molar-refractivity contribution is 7.15. The number of nitrogens with one attached hydrogen (secondary N) is 1. The molecule has 142 valence electrons. The number of methoxy groups -OCH3 is 2. The molecule has 7 nitrogen and oxygen atoms in total. The Morgan fingerprint density at radius 1 is 1.07 bits per heavy atom. The molecule has 0 bridgehead atoms. The lowest BCUT2D eigenvalue weighted by Crippen LogP contribution is -2.13. The van der Waals surface area contributed by atoms with E-state index in [-0.39, 0.29) is 11.9 Å². The zero-order valence-corrected chi connectivity index (χ0v) is 16.4. The highest BCUT2D eigenvalue weighted by Crippen LogP contribution is 2.27. The number of carbonyl (C=O) groups excluding carboxylic acids is 1. The van der Waals surface area contributed by atoms with Crippen LogP contribution in [0.1, 0.15) is 15.9 Å². The third kappa shape index (κ3) is 3.41. The quantitative estimate of drug-likeness (QED) is 0.553. The third-order valence-corrected chi connectivity index (χ3v) is 5.08. The number of carbonyl (C=O) groups is 1. The summed E-state index contributed by atoms with van der Waals surface area (Å²) in [6.07, 6.45) is 0. The first-order valence-corrected chi connectivity index (χ1v) is 9.41. The summed E-state index contributed by atoms with van der Waals surface area (Å²) in [7, 11) is 3.07. The van der Waals surface area contributed by atoms with Crippen LogP contribution in [0.4, 0.5) is 5.95 Å². The van der Waals surface area contributed by atoms with E-state index in [1.807, 2.05) is 24.4 Å². The maximum atomic E-state index is 12.6. The zero-order chi connectivity index (χ0) is 19.7. The van der Waals surface area contributed by atoms with Crippen molar-refractivity contribution in [2.75, 3.05) is 19.5 Å². The van der Waals surface area contributed by atoms with Gasteiger partial charge in [-0.1, -0.05) is 29.8 Å². The van der Waals surface area contributed by atoms with Crippen LogP contribution in [-0.2, 0) is 0 Å². The number of rotatable bonds is 5. The Labute approximate surface area is 165 Å². The van der Waals surface area contributed by atoms with Crippen molar-refractivity contribution >= 4 is 28.2 Å². The van der Waals surface area contributed by atoms with Gasteiger partial charge in [-0.3, -0.25) is 10.1 Å². The van der Waals surface area contributed by atoms with Crippen LogP contribution in [0.15, 0.2) is 47.8 Å². The van der Waals surface area contributed by atoms with Gasteiger partial charge in [-0.05, 0) is 19.1 Å². The number of hydrogen-bond donors (Lipinski definition) is 1. The largest absolute Gasteiger partial charge is 0.497 e. The second kappa shape index (κ2) is 7.32. The standard InChI is InChI=1S/C20H18N4O3S/c1-12-4-6-13(7-5-12)17-11-28-20-22-19(23-24(17)20)21-18(25)14-8-15(26-2)10-16(9-14)27-3/h4-11H,1-3H3,(H,21,23,25). The number of nitrogens with zero attached hydrogens (tertiary/aromatic N) is 3. The van der Waals surface area contributed by atoms with Gasteiger partial charge in [-0.25, -0.2) is 4.52 Å². The lowest BCUT2D eigenvalue weighted by molar-refractivity contribution is 0.102. The predicted molar refractivity (Wildman–Crippen MR) is 109 cm³/mol. The molecule has 0 saturated heterocycles. The molecule has 4 aromatic rings. The second-order valence-corrected chi connectivity index (χ2v) is 7.01. The van der Waals surface area contributed by atoms with Gasteiger partial charge < -0.3 is 9.47 Å². The molecule has 28 heavy (non-hydrogen) atoms. The summed E-state index contributed by atoms with van der Waals surface area (Å²) >= 11 is 1.47. The number of aromatic nitrogens is 3. The Hall–Kier alpha value is -3.39. The molecular weight excluding hydrogens is 376 g/mol. The highest BCUT2D eigenvalue weighted by Gasteiger charge is 2.15. The van der Waals surface area contributed by atoms with Crippen molar-refractivity contribution in [3.05, 3.63) is 59.0 Å². The van der Waals surface area contributed by atoms with Gasteiger partial charge in [0.1, 0.15) is 11.5 Å². The predicted octanol–water partition coefficient (Wildman–Crippen LogP) is 4.04. The molecule has 0 fully saturated rings. The van der Waals surface area contributed by atoms with Crippen molar-refractivity contribution in [1.82, 2.24) is 14.6 Å². The third-order valence-electron chi connectivity index (χ3n) is 4.27. The summed E-state index contributed by atoms with van der Waals surface area (Å²) in [5, 5.41) is 9.18. The average Bonchev–Trinajstić information content (AvgIpc) is 3.28. The average molecular weight is 394 g/mol. The first-order chi connectivity index (χ1) is 13.6. The van der Waals surface area contributed by atoms with Gasteiger partial charge in [-0.2, -0.15) is 4.98 Å². The Morgan fingerprint density at radius 3 is 2.39 bits per heavy atom. The molecule has 4 rings (SSSR count). The molecule has 0 unspecified atom stereocenters. The first kappa shape index (κ1) is 18.0. The first-order valence-electron chi connectivity index (χ1n) is 8.53. The van der Waals surface area contributed by atoms with E-state index in [4.69, 9.17) is 9.47 Å². The molecule has 0 aliphatic rings. The number of benzene rings is 2. The number of thiazole rings is 1. The molecule has 0 spiro atoms. The summed E-state index contributed by atoms with van der Waals surface area (Å²) in [6, 6.07) is 13.2.